The summed E-state index contributed by atoms with van der Waals surface area (Å²) in [7, 11) is 3.85. The van der Waals surface area contributed by atoms with Gasteiger partial charge in [-0.2, -0.15) is 0 Å². The highest BCUT2D eigenvalue weighted by Gasteiger charge is 2.12. The minimum absolute atomic E-state index is 0.0577. The number of anilines is 5. The molecule has 0 unspecified atom stereocenters. The number of nitrogens with two attached hydrogens (primary N) is 1. The van der Waals surface area contributed by atoms with Crippen LogP contribution in [-0.2, 0) is 21.4 Å². The quantitative estimate of drug-likeness (QED) is 0.0665. The van der Waals surface area contributed by atoms with Gasteiger partial charge in [-0.1, -0.05) is 104 Å². The van der Waals surface area contributed by atoms with E-state index in [0.717, 1.165) is 22.7 Å². The van der Waals surface area contributed by atoms with Gasteiger partial charge in [0.1, 0.15) is 11.5 Å². The zero-order valence-electron chi connectivity index (χ0n) is 35.2. The van der Waals surface area contributed by atoms with Crippen LogP contribution in [0.25, 0.3) is 11.0 Å². The van der Waals surface area contributed by atoms with Crippen LogP contribution in [0.4, 0.5) is 34.1 Å². The van der Waals surface area contributed by atoms with Gasteiger partial charge in [-0.3, -0.25) is 24.5 Å². The molecule has 1 aromatic heterocycles. The predicted molar refractivity (Wildman–Crippen MR) is 234 cm³/mol. The third kappa shape index (κ3) is 21.8. The maximum absolute atomic E-state index is 10.7. The first-order valence-electron chi connectivity index (χ1n) is 18.4. The van der Waals surface area contributed by atoms with Crippen LogP contribution in [-0.4, -0.2) is 39.2 Å². The number of carbonyl (C=O) groups excluding carboxylic acids is 3. The van der Waals surface area contributed by atoms with Crippen LogP contribution in [0.15, 0.2) is 97.1 Å². The molecule has 5 aromatic rings. The molecule has 13 nitrogen and oxygen atoms in total. The summed E-state index contributed by atoms with van der Waals surface area (Å²) in [6.07, 6.45) is 0. The first kappa shape index (κ1) is 53.1. The Morgan fingerprint density at radius 1 is 0.618 bits per heavy atom. The van der Waals surface area contributed by atoms with Gasteiger partial charge in [-0.05, 0) is 49.4 Å². The summed E-state index contributed by atoms with van der Waals surface area (Å²) in [6, 6.07) is 28.8. The molecule has 13 heteroatoms. The Bertz CT molecular complexity index is 1820. The minimum Gasteiger partial charge on any atom is -0.397 e. The van der Waals surface area contributed by atoms with E-state index < -0.39 is 4.92 Å². The summed E-state index contributed by atoms with van der Waals surface area (Å²) < 4.78 is 2.09. The lowest BCUT2D eigenvalue weighted by Crippen LogP contribution is -2.07. The van der Waals surface area contributed by atoms with Crippen LogP contribution in [0.3, 0.4) is 0 Å². The smallest absolute Gasteiger partial charge is 0.292 e. The van der Waals surface area contributed by atoms with Crippen LogP contribution < -0.4 is 27.0 Å². The Balaban J connectivity index is -0.000000617. The van der Waals surface area contributed by atoms with Crippen molar-refractivity contribution in [3.05, 3.63) is 113 Å². The molecule has 5 rings (SSSR count). The van der Waals surface area contributed by atoms with E-state index in [-0.39, 0.29) is 29.1 Å². The van der Waals surface area contributed by atoms with Gasteiger partial charge in [-0.15, -0.1) is 0 Å². The molecule has 55 heavy (non-hydrogen) atoms. The van der Waals surface area contributed by atoms with E-state index >= 15 is 0 Å². The molecule has 0 saturated carbocycles. The number of aryl methyl sites for hydroxylation is 2. The number of nitrogens with one attached hydrogen (secondary N) is 4. The molecular formula is C42H64N8O5. The van der Waals surface area contributed by atoms with Gasteiger partial charge >= 0.3 is 0 Å². The van der Waals surface area contributed by atoms with Crippen LogP contribution in [0, 0.1) is 17.0 Å². The van der Waals surface area contributed by atoms with E-state index in [1.54, 1.807) is 24.3 Å². The van der Waals surface area contributed by atoms with Gasteiger partial charge in [0, 0.05) is 40.9 Å². The van der Waals surface area contributed by atoms with E-state index in [1.807, 2.05) is 131 Å². The molecule has 0 atom stereocenters. The Hall–Kier alpha value is -6.24. The highest BCUT2D eigenvalue weighted by Crippen LogP contribution is 2.23. The average molecular weight is 761 g/mol. The summed E-state index contributed by atoms with van der Waals surface area (Å²) >= 11 is 0. The number of nitrogens with zero attached hydrogens (tertiary/aromatic N) is 3. The number of nitrogen functional groups attached to an aromatic ring is 1. The number of benzene rings is 4. The molecule has 0 aliphatic carbocycles. The van der Waals surface area contributed by atoms with Crippen LogP contribution in [0.5, 0.6) is 0 Å². The van der Waals surface area contributed by atoms with Gasteiger partial charge < -0.3 is 31.6 Å². The molecule has 0 radical (unpaired) electrons. The number of fused-ring (bicyclic) bond motifs is 1. The van der Waals surface area contributed by atoms with Gasteiger partial charge in [0.15, 0.2) is 0 Å². The third-order valence-corrected chi connectivity index (χ3v) is 6.20. The maximum Gasteiger partial charge on any atom is 0.292 e. The third-order valence-electron chi connectivity index (χ3n) is 6.20. The fourth-order valence-corrected chi connectivity index (χ4v) is 3.99. The zero-order chi connectivity index (χ0) is 42.9. The minimum atomic E-state index is -0.536. The average Bonchev–Trinajstić information content (AvgIpc) is 3.48. The Morgan fingerprint density at radius 3 is 1.45 bits per heavy atom. The molecule has 6 N–H and O–H groups in total. The van der Waals surface area contributed by atoms with Gasteiger partial charge in [0.25, 0.3) is 5.69 Å². The van der Waals surface area contributed by atoms with E-state index in [4.69, 9.17) is 5.73 Å². The van der Waals surface area contributed by atoms with Crippen molar-refractivity contribution in [2.75, 3.05) is 34.0 Å². The van der Waals surface area contributed by atoms with Crippen molar-refractivity contribution in [3.63, 3.8) is 0 Å². The first-order valence-corrected chi connectivity index (χ1v) is 18.4. The normalized spacial score (nSPS) is 8.62. The van der Waals surface area contributed by atoms with Crippen molar-refractivity contribution in [3.8, 4) is 0 Å². The molecule has 3 amide bonds. The highest BCUT2D eigenvalue weighted by atomic mass is 16.6. The van der Waals surface area contributed by atoms with Crippen LogP contribution in [0.1, 0.15) is 82.0 Å². The number of amides is 3. The SMILES string of the molecule is CC.CC.CC.CC.CC(=O)Nc1ccccc1N.CC(=O)Nc1ccccc1[N+](=O)[O-].CNc1ccccc1NC(C)=O.Cc1nc2ccccc2n1C. The Labute approximate surface area is 328 Å². The van der Waals surface area contributed by atoms with Crippen molar-refractivity contribution in [2.24, 2.45) is 7.05 Å². The fraction of sp³-hybridized carbons (Fsp3) is 0.333. The monoisotopic (exact) mass is 760 g/mol. The van der Waals surface area contributed by atoms with Crippen molar-refractivity contribution in [1.82, 2.24) is 9.55 Å². The lowest BCUT2D eigenvalue weighted by atomic mass is 10.2. The van der Waals surface area contributed by atoms with Crippen LogP contribution >= 0.6 is 0 Å². The Kier molecular flexibility index (Phi) is 31.3. The number of nitro benzene ring substituents is 1. The van der Waals surface area contributed by atoms with Crippen molar-refractivity contribution in [1.29, 1.82) is 0 Å². The molecule has 4 aromatic carbocycles. The van der Waals surface area contributed by atoms with E-state index in [1.165, 1.54) is 38.4 Å². The van der Waals surface area contributed by atoms with Gasteiger partial charge in [-0.25, -0.2) is 4.98 Å². The van der Waals surface area contributed by atoms with Gasteiger partial charge in [0.05, 0.1) is 38.7 Å². The van der Waals surface area contributed by atoms with Gasteiger partial charge in [0.2, 0.25) is 17.7 Å². The molecule has 0 fully saturated rings. The van der Waals surface area contributed by atoms with Crippen LogP contribution in [0.2, 0.25) is 0 Å². The standard InChI is InChI=1S/C9H12N2O.C9H10N2.C8H8N2O3.C8H10N2O.4C2H6/c1-7(12)11-9-6-4-3-5-8(9)10-2;1-7-10-8-5-3-4-6-9(8)11(7)2;1-6(11)9-7-4-2-3-5-8(7)10(12)13;1-6(11)10-8-5-3-2-4-7(8)9;4*1-2/h3-6,10H,1-2H3,(H,11,12);3-6H,1-2H3;2-5H,1H3,(H,9,11);2-5H,9H2,1H3,(H,10,11);4*1-2H3. The Morgan fingerprint density at radius 2 is 1.00 bits per heavy atom. The molecule has 302 valence electrons. The summed E-state index contributed by atoms with van der Waals surface area (Å²) in [5.74, 6) is 0.570. The number of rotatable bonds is 5. The second kappa shape index (κ2) is 32.4. The second-order valence-electron chi connectivity index (χ2n) is 9.91. The lowest BCUT2D eigenvalue weighted by molar-refractivity contribution is -0.383. The predicted octanol–water partition coefficient (Wildman–Crippen LogP) is 10.5. The van der Waals surface area contributed by atoms with Crippen molar-refractivity contribution < 1.29 is 19.3 Å². The van der Waals surface area contributed by atoms with E-state index in [9.17, 15) is 24.5 Å². The van der Waals surface area contributed by atoms with E-state index in [2.05, 4.69) is 36.9 Å². The number of imidazole rings is 1. The molecule has 0 aliphatic heterocycles. The van der Waals surface area contributed by atoms with Crippen molar-refractivity contribution in [2.45, 2.75) is 83.1 Å². The molecule has 0 aliphatic rings. The molecule has 0 spiro atoms. The lowest BCUT2D eigenvalue weighted by Gasteiger charge is -2.07. The largest absolute Gasteiger partial charge is 0.397 e. The maximum atomic E-state index is 10.7. The summed E-state index contributed by atoms with van der Waals surface area (Å²) in [5, 5.41) is 21.1. The second-order valence-corrected chi connectivity index (χ2v) is 9.91. The number of hydrogen-bond donors (Lipinski definition) is 5. The fourth-order valence-electron chi connectivity index (χ4n) is 3.99. The first-order chi connectivity index (χ1) is 26.3. The number of hydrogen-bond acceptors (Lipinski definition) is 8. The van der Waals surface area contributed by atoms with Crippen molar-refractivity contribution >= 4 is 62.9 Å². The molecule has 0 saturated heterocycles. The number of carbonyl (C=O) groups is 3. The van der Waals surface area contributed by atoms with E-state index in [0.29, 0.717) is 11.4 Å². The highest BCUT2D eigenvalue weighted by molar-refractivity contribution is 5.93. The number of nitro groups is 1. The molecular weight excluding hydrogens is 697 g/mol. The summed E-state index contributed by atoms with van der Waals surface area (Å²) in [6.45, 7) is 22.3. The summed E-state index contributed by atoms with van der Waals surface area (Å²) in [5.41, 5.74) is 10.9. The number of para-hydroxylation sites is 8. The summed E-state index contributed by atoms with van der Waals surface area (Å²) in [4.78, 5) is 46.3. The zero-order valence-corrected chi connectivity index (χ0v) is 35.2. The molecule has 1 heterocycles. The molecule has 0 bridgehead atoms. The topological polar surface area (TPSA) is 186 Å². The number of aromatic nitrogens is 2.